The topological polar surface area (TPSA) is 32.6 Å². The van der Waals surface area contributed by atoms with Gasteiger partial charge in [-0.15, -0.1) is 0 Å². The summed E-state index contributed by atoms with van der Waals surface area (Å²) < 4.78 is 0. The van der Waals surface area contributed by atoms with Gasteiger partial charge in [-0.05, 0) is 20.5 Å². The van der Waals surface area contributed by atoms with Crippen molar-refractivity contribution in [3.63, 3.8) is 0 Å². The van der Waals surface area contributed by atoms with Gasteiger partial charge in [0.2, 0.25) is 0 Å². The average Bonchev–Trinajstić information content (AvgIpc) is 2.36. The first-order chi connectivity index (χ1) is 7.22. The Morgan fingerprint density at radius 2 is 1.80 bits per heavy atom. The molecule has 0 bridgehead atoms. The summed E-state index contributed by atoms with van der Waals surface area (Å²) in [5.74, 6) is 0. The van der Waals surface area contributed by atoms with Crippen molar-refractivity contribution < 1.29 is 0 Å². The number of hydrogen-bond donors (Lipinski definition) is 1. The van der Waals surface area contributed by atoms with Crippen LogP contribution in [0.15, 0.2) is 0 Å². The minimum absolute atomic E-state index is 0.416. The third-order valence-corrected chi connectivity index (χ3v) is 2.82. The van der Waals surface area contributed by atoms with Gasteiger partial charge in [-0.25, -0.2) is 5.43 Å². The van der Waals surface area contributed by atoms with Gasteiger partial charge in [0.25, 0.3) is 0 Å². The molecule has 1 saturated heterocycles. The Morgan fingerprint density at radius 3 is 2.33 bits per heavy atom. The van der Waals surface area contributed by atoms with Crippen LogP contribution in [0, 0.1) is 0 Å². The smallest absolute Gasteiger partial charge is 0.0669 e. The lowest BCUT2D eigenvalue weighted by molar-refractivity contribution is 0.288. The maximum absolute atomic E-state index is 4.55. The molecule has 0 spiro atoms. The molecule has 1 aliphatic heterocycles. The van der Waals surface area contributed by atoms with Gasteiger partial charge in [-0.3, -0.25) is 0 Å². The quantitative estimate of drug-likeness (QED) is 0.521. The van der Waals surface area contributed by atoms with E-state index in [1.54, 1.807) is 0 Å². The highest BCUT2D eigenvalue weighted by atomic mass is 15.4. The van der Waals surface area contributed by atoms with Crippen LogP contribution in [0.25, 0.3) is 0 Å². The fourth-order valence-electron chi connectivity index (χ4n) is 1.83. The lowest BCUT2D eigenvalue weighted by atomic mass is 10.3. The molecule has 1 radical (unpaired) electrons. The van der Waals surface area contributed by atoms with Crippen LogP contribution in [0.5, 0.6) is 0 Å². The summed E-state index contributed by atoms with van der Waals surface area (Å²) in [6.45, 7) is 7.66. The molecule has 1 N–H and O–H groups in total. The number of nitrogens with one attached hydrogen (secondary N) is 1. The molecule has 89 valence electrons. The van der Waals surface area contributed by atoms with Gasteiger partial charge in [0.15, 0.2) is 0 Å². The minimum atomic E-state index is 0.416. The second-order valence-corrected chi connectivity index (χ2v) is 4.57. The van der Waals surface area contributed by atoms with Crippen LogP contribution in [0.1, 0.15) is 19.8 Å². The molecule has 0 amide bonds. The Morgan fingerprint density at radius 1 is 1.20 bits per heavy atom. The van der Waals surface area contributed by atoms with Gasteiger partial charge in [0.1, 0.15) is 0 Å². The highest BCUT2D eigenvalue weighted by Crippen LogP contribution is 1.99. The zero-order valence-electron chi connectivity index (χ0n) is 10.4. The molecule has 1 aliphatic rings. The van der Waals surface area contributed by atoms with E-state index in [2.05, 4.69) is 41.7 Å². The molecule has 0 aromatic carbocycles. The average molecular weight is 213 g/mol. The van der Waals surface area contributed by atoms with E-state index in [0.29, 0.717) is 6.04 Å². The molecule has 15 heavy (non-hydrogen) atoms. The van der Waals surface area contributed by atoms with Crippen LogP contribution in [-0.4, -0.2) is 62.7 Å². The molecule has 4 heteroatoms. The first kappa shape index (κ1) is 12.9. The molecule has 1 rings (SSSR count). The van der Waals surface area contributed by atoms with Crippen LogP contribution < -0.4 is 10.9 Å². The van der Waals surface area contributed by atoms with Crippen molar-refractivity contribution in [2.24, 2.45) is 0 Å². The molecular weight excluding hydrogens is 188 g/mol. The number of hydrogen-bond acceptors (Lipinski definition) is 3. The summed E-state index contributed by atoms with van der Waals surface area (Å²) in [4.78, 5) is 4.72. The van der Waals surface area contributed by atoms with Gasteiger partial charge < -0.3 is 9.80 Å². The SMILES string of the molecule is CCCCN[N]C1CN(C)CCN(C)C1. The number of unbranched alkanes of at least 4 members (excludes halogenated alkanes) is 1. The predicted molar refractivity (Wildman–Crippen MR) is 63.8 cm³/mol. The third-order valence-electron chi connectivity index (χ3n) is 2.82. The Labute approximate surface area is 94.0 Å². The normalized spacial score (nSPS) is 21.8. The Balaban J connectivity index is 2.19. The summed E-state index contributed by atoms with van der Waals surface area (Å²) in [6.07, 6.45) is 2.44. The first-order valence-electron chi connectivity index (χ1n) is 6.02. The van der Waals surface area contributed by atoms with E-state index in [-0.39, 0.29) is 0 Å². The standard InChI is InChI=1S/C11H25N4/c1-4-5-6-12-13-11-9-14(2)7-8-15(3)10-11/h11-12H,4-10H2,1-3H3. The van der Waals surface area contributed by atoms with E-state index in [1.165, 1.54) is 12.8 Å². The Bertz CT molecular complexity index is 151. The summed E-state index contributed by atoms with van der Waals surface area (Å²) >= 11 is 0. The van der Waals surface area contributed by atoms with Crippen molar-refractivity contribution in [1.82, 2.24) is 20.7 Å². The summed E-state index contributed by atoms with van der Waals surface area (Å²) in [5, 5.41) is 0. The molecular formula is C11H25N4. The number of rotatable bonds is 5. The van der Waals surface area contributed by atoms with Crippen molar-refractivity contribution >= 4 is 0 Å². The second kappa shape index (κ2) is 7.17. The van der Waals surface area contributed by atoms with Crippen LogP contribution in [-0.2, 0) is 0 Å². The van der Waals surface area contributed by atoms with Gasteiger partial charge in [-0.2, -0.15) is 5.43 Å². The fourth-order valence-corrected chi connectivity index (χ4v) is 1.83. The third kappa shape index (κ3) is 5.47. The maximum atomic E-state index is 4.55. The van der Waals surface area contributed by atoms with E-state index >= 15 is 0 Å². The largest absolute Gasteiger partial charge is 0.303 e. The Kier molecular flexibility index (Phi) is 6.17. The van der Waals surface area contributed by atoms with Crippen LogP contribution in [0.4, 0.5) is 0 Å². The van der Waals surface area contributed by atoms with Crippen molar-refractivity contribution in [3.05, 3.63) is 0 Å². The lowest BCUT2D eigenvalue weighted by Gasteiger charge is -2.20. The van der Waals surface area contributed by atoms with Crippen molar-refractivity contribution in [2.75, 3.05) is 46.8 Å². The maximum Gasteiger partial charge on any atom is 0.0669 e. The van der Waals surface area contributed by atoms with Crippen LogP contribution in [0.2, 0.25) is 0 Å². The zero-order valence-corrected chi connectivity index (χ0v) is 10.4. The highest BCUT2D eigenvalue weighted by molar-refractivity contribution is 4.76. The van der Waals surface area contributed by atoms with Gasteiger partial charge in [0, 0.05) is 32.7 Å². The van der Waals surface area contributed by atoms with Gasteiger partial charge in [-0.1, -0.05) is 13.3 Å². The van der Waals surface area contributed by atoms with Crippen molar-refractivity contribution in [3.8, 4) is 0 Å². The van der Waals surface area contributed by atoms with Crippen molar-refractivity contribution in [2.45, 2.75) is 25.8 Å². The fraction of sp³-hybridized carbons (Fsp3) is 1.00. The van der Waals surface area contributed by atoms with Crippen molar-refractivity contribution in [1.29, 1.82) is 0 Å². The van der Waals surface area contributed by atoms with Gasteiger partial charge >= 0.3 is 0 Å². The summed E-state index contributed by atoms with van der Waals surface area (Å²) in [7, 11) is 4.35. The highest BCUT2D eigenvalue weighted by Gasteiger charge is 2.18. The van der Waals surface area contributed by atoms with E-state index in [4.69, 9.17) is 0 Å². The number of likely N-dealkylation sites (N-methyl/N-ethyl adjacent to an activating group) is 2. The molecule has 0 atom stereocenters. The van der Waals surface area contributed by atoms with E-state index in [9.17, 15) is 0 Å². The minimum Gasteiger partial charge on any atom is -0.303 e. The molecule has 1 fully saturated rings. The molecule has 0 saturated carbocycles. The monoisotopic (exact) mass is 213 g/mol. The van der Waals surface area contributed by atoms with E-state index in [1.807, 2.05) is 0 Å². The zero-order chi connectivity index (χ0) is 11.1. The van der Waals surface area contributed by atoms with Crippen LogP contribution >= 0.6 is 0 Å². The molecule has 0 aromatic heterocycles. The molecule has 0 unspecified atom stereocenters. The van der Waals surface area contributed by atoms with Gasteiger partial charge in [0.05, 0.1) is 6.04 Å². The Hall–Kier alpha value is -0.160. The summed E-state index contributed by atoms with van der Waals surface area (Å²) in [6, 6.07) is 0.416. The molecule has 1 heterocycles. The molecule has 0 aromatic rings. The first-order valence-corrected chi connectivity index (χ1v) is 6.02. The lowest BCUT2D eigenvalue weighted by Crippen LogP contribution is -2.44. The number of nitrogens with zero attached hydrogens (tertiary/aromatic N) is 3. The predicted octanol–water partition coefficient (Wildman–Crippen LogP) is 0.141. The summed E-state index contributed by atoms with van der Waals surface area (Å²) in [5.41, 5.74) is 7.74. The molecule has 0 aliphatic carbocycles. The van der Waals surface area contributed by atoms with E-state index < -0.39 is 0 Å². The van der Waals surface area contributed by atoms with Crippen LogP contribution in [0.3, 0.4) is 0 Å². The van der Waals surface area contributed by atoms with E-state index in [0.717, 1.165) is 32.7 Å². The second-order valence-electron chi connectivity index (χ2n) is 4.57. The molecule has 4 nitrogen and oxygen atoms in total.